The van der Waals surface area contributed by atoms with E-state index in [1.807, 2.05) is 24.3 Å². The van der Waals surface area contributed by atoms with Crippen LogP contribution in [0.1, 0.15) is 0 Å². The zero-order chi connectivity index (χ0) is 6.97. The van der Waals surface area contributed by atoms with Crippen LogP contribution in [0.2, 0.25) is 0 Å². The number of benzene rings is 1. The second-order valence-electron chi connectivity index (χ2n) is 2.05. The minimum Gasteiger partial charge on any atom is -0.453 e. The summed E-state index contributed by atoms with van der Waals surface area (Å²) in [4.78, 5) is 0. The summed E-state index contributed by atoms with van der Waals surface area (Å²) in [6, 6.07) is 7.67. The van der Waals surface area contributed by atoms with Crippen LogP contribution in [0.25, 0.3) is 11.0 Å². The molecule has 0 saturated carbocycles. The van der Waals surface area contributed by atoms with Gasteiger partial charge in [0.2, 0.25) is 0 Å². The van der Waals surface area contributed by atoms with Crippen molar-refractivity contribution in [2.45, 2.75) is 0 Å². The predicted octanol–water partition coefficient (Wildman–Crippen LogP) is 3.00. The molecule has 0 N–H and O–H groups in total. The van der Waals surface area contributed by atoms with Gasteiger partial charge in [-0.15, -0.1) is 0 Å². The molecule has 0 aliphatic carbocycles. The average Bonchev–Trinajstić information content (AvgIpc) is 2.33. The molecule has 0 bridgehead atoms. The molecule has 0 spiro atoms. The van der Waals surface area contributed by atoms with Gasteiger partial charge in [0.15, 0.2) is 6.26 Å². The molecule has 1 aromatic heterocycles. The summed E-state index contributed by atoms with van der Waals surface area (Å²) >= 11 is 3.36. The molecular formula is C8H4BrO. The summed E-state index contributed by atoms with van der Waals surface area (Å²) in [6.45, 7) is 0. The van der Waals surface area contributed by atoms with E-state index in [1.165, 1.54) is 0 Å². The van der Waals surface area contributed by atoms with Gasteiger partial charge in [-0.25, -0.2) is 0 Å². The molecular weight excluding hydrogens is 192 g/mol. The molecule has 1 radical (unpaired) electrons. The topological polar surface area (TPSA) is 13.1 Å². The molecule has 0 aliphatic rings. The van der Waals surface area contributed by atoms with Crippen molar-refractivity contribution < 1.29 is 4.42 Å². The number of hydrogen-bond acceptors (Lipinski definition) is 1. The van der Waals surface area contributed by atoms with Gasteiger partial charge >= 0.3 is 0 Å². The fourth-order valence-corrected chi connectivity index (χ4v) is 1.26. The summed E-state index contributed by atoms with van der Waals surface area (Å²) < 4.78 is 6.09. The zero-order valence-corrected chi connectivity index (χ0v) is 6.68. The fourth-order valence-electron chi connectivity index (χ4n) is 0.881. The second-order valence-corrected chi connectivity index (χ2v) is 2.96. The standard InChI is InChI=1S/C8H4BrO/c9-7-1-2-8-6(5-7)3-4-10-8/h1-3,5H. The molecule has 0 atom stereocenters. The van der Waals surface area contributed by atoms with E-state index in [-0.39, 0.29) is 0 Å². The summed E-state index contributed by atoms with van der Waals surface area (Å²) in [5.74, 6) is 0. The van der Waals surface area contributed by atoms with Gasteiger partial charge in [-0.1, -0.05) is 15.9 Å². The highest BCUT2D eigenvalue weighted by molar-refractivity contribution is 9.10. The minimum absolute atomic E-state index is 0.878. The maximum atomic E-state index is 5.03. The van der Waals surface area contributed by atoms with Crippen molar-refractivity contribution >= 4 is 26.9 Å². The molecule has 1 aromatic carbocycles. The smallest absolute Gasteiger partial charge is 0.170 e. The maximum Gasteiger partial charge on any atom is 0.170 e. The SMILES string of the molecule is Brc1ccc2o[c]cc2c1. The Morgan fingerprint density at radius 3 is 3.20 bits per heavy atom. The number of rotatable bonds is 0. The molecule has 49 valence electrons. The van der Waals surface area contributed by atoms with Crippen LogP contribution in [0, 0.1) is 6.26 Å². The Labute approximate surface area is 66.8 Å². The third-order valence-corrected chi connectivity index (χ3v) is 1.85. The van der Waals surface area contributed by atoms with E-state index in [2.05, 4.69) is 22.2 Å². The Balaban J connectivity index is 2.86. The van der Waals surface area contributed by atoms with Gasteiger partial charge in [0.25, 0.3) is 0 Å². The third kappa shape index (κ3) is 0.847. The van der Waals surface area contributed by atoms with E-state index in [0.717, 1.165) is 15.4 Å². The highest BCUT2D eigenvalue weighted by Crippen LogP contribution is 2.19. The van der Waals surface area contributed by atoms with E-state index in [1.54, 1.807) is 0 Å². The molecule has 0 unspecified atom stereocenters. The molecule has 2 heteroatoms. The van der Waals surface area contributed by atoms with Crippen LogP contribution in [-0.2, 0) is 0 Å². The molecule has 2 aromatic rings. The van der Waals surface area contributed by atoms with Crippen molar-refractivity contribution in [2.24, 2.45) is 0 Å². The quantitative estimate of drug-likeness (QED) is 0.631. The lowest BCUT2D eigenvalue weighted by Gasteiger charge is -1.87. The van der Waals surface area contributed by atoms with Crippen LogP contribution < -0.4 is 0 Å². The number of hydrogen-bond donors (Lipinski definition) is 0. The van der Waals surface area contributed by atoms with Gasteiger partial charge in [0, 0.05) is 9.86 Å². The summed E-state index contributed by atoms with van der Waals surface area (Å²) in [5, 5.41) is 1.08. The zero-order valence-electron chi connectivity index (χ0n) is 5.10. The Morgan fingerprint density at radius 1 is 1.40 bits per heavy atom. The first-order valence-corrected chi connectivity index (χ1v) is 3.71. The van der Waals surface area contributed by atoms with Gasteiger partial charge in [0.05, 0.1) is 0 Å². The van der Waals surface area contributed by atoms with E-state index in [9.17, 15) is 0 Å². The van der Waals surface area contributed by atoms with Gasteiger partial charge in [0.1, 0.15) is 5.58 Å². The van der Waals surface area contributed by atoms with E-state index in [4.69, 9.17) is 4.42 Å². The van der Waals surface area contributed by atoms with Crippen LogP contribution in [0.4, 0.5) is 0 Å². The third-order valence-electron chi connectivity index (χ3n) is 1.36. The van der Waals surface area contributed by atoms with Crippen molar-refractivity contribution in [3.8, 4) is 0 Å². The Morgan fingerprint density at radius 2 is 2.30 bits per heavy atom. The lowest BCUT2D eigenvalue weighted by atomic mass is 10.3. The van der Waals surface area contributed by atoms with Gasteiger partial charge in [-0.3, -0.25) is 0 Å². The van der Waals surface area contributed by atoms with E-state index >= 15 is 0 Å². The highest BCUT2D eigenvalue weighted by Gasteiger charge is 1.95. The van der Waals surface area contributed by atoms with Crippen molar-refractivity contribution in [3.05, 3.63) is 35.0 Å². The Bertz CT molecular complexity index is 351. The van der Waals surface area contributed by atoms with Gasteiger partial charge in [-0.2, -0.15) is 0 Å². The van der Waals surface area contributed by atoms with Crippen LogP contribution >= 0.6 is 15.9 Å². The van der Waals surface area contributed by atoms with Crippen molar-refractivity contribution in [3.63, 3.8) is 0 Å². The lowest BCUT2D eigenvalue weighted by molar-refractivity contribution is 0.606. The van der Waals surface area contributed by atoms with Crippen LogP contribution in [0.15, 0.2) is 33.2 Å². The normalized spacial score (nSPS) is 10.5. The number of halogens is 1. The number of furan rings is 1. The number of fused-ring (bicyclic) bond motifs is 1. The van der Waals surface area contributed by atoms with Gasteiger partial charge < -0.3 is 4.42 Å². The molecule has 1 heterocycles. The molecule has 10 heavy (non-hydrogen) atoms. The van der Waals surface area contributed by atoms with Crippen LogP contribution in [-0.4, -0.2) is 0 Å². The molecule has 2 rings (SSSR count). The van der Waals surface area contributed by atoms with Gasteiger partial charge in [-0.05, 0) is 24.3 Å². The fraction of sp³-hybridized carbons (Fsp3) is 0. The minimum atomic E-state index is 0.878. The second kappa shape index (κ2) is 2.13. The lowest BCUT2D eigenvalue weighted by Crippen LogP contribution is -1.62. The van der Waals surface area contributed by atoms with Crippen molar-refractivity contribution in [1.82, 2.24) is 0 Å². The van der Waals surface area contributed by atoms with Crippen LogP contribution in [0.5, 0.6) is 0 Å². The first-order valence-electron chi connectivity index (χ1n) is 2.91. The predicted molar refractivity (Wildman–Crippen MR) is 42.8 cm³/mol. The maximum absolute atomic E-state index is 5.03. The highest BCUT2D eigenvalue weighted by atomic mass is 79.9. The Kier molecular flexibility index (Phi) is 1.27. The molecule has 1 nitrogen and oxygen atoms in total. The monoisotopic (exact) mass is 195 g/mol. The molecule has 0 saturated heterocycles. The summed E-state index contributed by atoms with van der Waals surface area (Å²) in [5.41, 5.74) is 0.878. The summed E-state index contributed by atoms with van der Waals surface area (Å²) in [7, 11) is 0. The van der Waals surface area contributed by atoms with E-state index in [0.29, 0.717) is 0 Å². The first-order chi connectivity index (χ1) is 4.86. The molecule has 0 fully saturated rings. The largest absolute Gasteiger partial charge is 0.453 e. The van der Waals surface area contributed by atoms with Crippen molar-refractivity contribution in [1.29, 1.82) is 0 Å². The first kappa shape index (κ1) is 5.98. The summed E-state index contributed by atoms with van der Waals surface area (Å²) in [6.07, 6.45) is 2.67. The molecule has 0 amide bonds. The average molecular weight is 196 g/mol. The molecule has 0 aliphatic heterocycles. The van der Waals surface area contributed by atoms with E-state index < -0.39 is 0 Å². The van der Waals surface area contributed by atoms with Crippen LogP contribution in [0.3, 0.4) is 0 Å². The van der Waals surface area contributed by atoms with Crippen molar-refractivity contribution in [2.75, 3.05) is 0 Å². The Hall–Kier alpha value is -0.760.